The van der Waals surface area contributed by atoms with Gasteiger partial charge in [-0.05, 0) is 0 Å². The standard InChI is InChI=1S/C7H8N4.W/c1-6-3-7(10-4-8-2)11-5-9-6;/h2-5H,1H3,(H,9,10,11);. The van der Waals surface area contributed by atoms with E-state index in [4.69, 9.17) is 0 Å². The van der Waals surface area contributed by atoms with E-state index in [1.54, 1.807) is 10.9 Å². The minimum absolute atomic E-state index is 0.767. The van der Waals surface area contributed by atoms with Gasteiger partial charge in [-0.2, -0.15) is 0 Å². The Bertz CT molecular complexity index is 297. The van der Waals surface area contributed by atoms with Crippen LogP contribution in [0.1, 0.15) is 5.69 Å². The van der Waals surface area contributed by atoms with Crippen LogP contribution in [0.3, 0.4) is 0 Å². The second-order valence-corrected chi connectivity index (χ2v) is 2.83. The maximum atomic E-state index is 3.99. The van der Waals surface area contributed by atoms with Crippen LogP contribution in [0.15, 0.2) is 17.4 Å². The molecule has 0 atom stereocenters. The van der Waals surface area contributed by atoms with Crippen LogP contribution in [0.2, 0.25) is 0 Å². The van der Waals surface area contributed by atoms with Crippen LogP contribution in [0, 0.1) is 6.92 Å². The normalized spacial score (nSPS) is 10.1. The number of hydrogen-bond acceptors (Lipinski definition) is 3. The summed E-state index contributed by atoms with van der Waals surface area (Å²) in [5.74, 6) is 0.767. The van der Waals surface area contributed by atoms with Crippen molar-refractivity contribution in [3.05, 3.63) is 18.1 Å². The Morgan fingerprint density at radius 2 is 2.42 bits per heavy atom. The Morgan fingerprint density at radius 3 is 3.08 bits per heavy atom. The number of hydrogen-bond donors (Lipinski definition) is 1. The van der Waals surface area contributed by atoms with Crippen molar-refractivity contribution in [1.82, 2.24) is 9.97 Å². The zero-order valence-corrected chi connectivity index (χ0v) is 9.49. The van der Waals surface area contributed by atoms with Gasteiger partial charge in [0.1, 0.15) is 0 Å². The molecule has 62 valence electrons. The Labute approximate surface area is 81.6 Å². The third kappa shape index (κ3) is 3.01. The fraction of sp³-hybridized carbons (Fsp3) is 0.143. The molecule has 0 radical (unpaired) electrons. The molecule has 0 aromatic carbocycles. The summed E-state index contributed by atoms with van der Waals surface area (Å²) in [6, 6.07) is 1.86. The van der Waals surface area contributed by atoms with Gasteiger partial charge in [0.2, 0.25) is 0 Å². The van der Waals surface area contributed by atoms with E-state index < -0.39 is 0 Å². The SMILES string of the molecule is Cc1cc(NC=N[CH]=[W])ncn1. The van der Waals surface area contributed by atoms with E-state index in [0.717, 1.165) is 11.5 Å². The van der Waals surface area contributed by atoms with E-state index in [-0.39, 0.29) is 0 Å². The van der Waals surface area contributed by atoms with Crippen LogP contribution >= 0.6 is 0 Å². The van der Waals surface area contributed by atoms with Gasteiger partial charge >= 0.3 is 81.3 Å². The van der Waals surface area contributed by atoms with Crippen molar-refractivity contribution in [2.45, 2.75) is 6.92 Å². The molecule has 4 nitrogen and oxygen atoms in total. The van der Waals surface area contributed by atoms with Crippen LogP contribution in [-0.4, -0.2) is 20.8 Å². The first-order valence-corrected chi connectivity index (χ1v) is 5.03. The monoisotopic (exact) mass is 332 g/mol. The van der Waals surface area contributed by atoms with Gasteiger partial charge in [0.05, 0.1) is 0 Å². The van der Waals surface area contributed by atoms with E-state index in [2.05, 4.69) is 20.3 Å². The molecule has 0 spiro atoms. The van der Waals surface area contributed by atoms with E-state index in [9.17, 15) is 0 Å². The third-order valence-electron chi connectivity index (χ3n) is 1.15. The summed E-state index contributed by atoms with van der Waals surface area (Å²) in [6.07, 6.45) is 3.13. The molecule has 0 aliphatic heterocycles. The quantitative estimate of drug-likeness (QED) is 0.649. The number of rotatable bonds is 3. The molecule has 1 aromatic heterocycles. The van der Waals surface area contributed by atoms with Gasteiger partial charge in [0, 0.05) is 0 Å². The van der Waals surface area contributed by atoms with Crippen molar-refractivity contribution in [2.24, 2.45) is 4.99 Å². The van der Waals surface area contributed by atoms with Gasteiger partial charge in [-0.1, -0.05) is 0 Å². The molecule has 0 unspecified atom stereocenters. The number of nitrogens with zero attached hydrogens (tertiary/aromatic N) is 3. The van der Waals surface area contributed by atoms with Crippen molar-refractivity contribution in [2.75, 3.05) is 5.32 Å². The number of nitrogens with one attached hydrogen (secondary N) is 1. The Kier molecular flexibility index (Phi) is 3.74. The maximum absolute atomic E-state index is 3.99. The number of aryl methyl sites for hydroxylation is 1. The van der Waals surface area contributed by atoms with E-state index in [0.29, 0.717) is 0 Å². The summed E-state index contributed by atoms with van der Waals surface area (Å²) >= 11 is 1.32. The molecular weight excluding hydrogens is 324 g/mol. The summed E-state index contributed by atoms with van der Waals surface area (Å²) in [5, 5.41) is 2.93. The van der Waals surface area contributed by atoms with Crippen molar-refractivity contribution < 1.29 is 19.4 Å². The number of aliphatic imine (C=N–C) groups is 1. The van der Waals surface area contributed by atoms with E-state index in [1.165, 1.54) is 25.7 Å². The first-order valence-electron chi connectivity index (χ1n) is 3.33. The molecule has 1 N–H and O–H groups in total. The Morgan fingerprint density at radius 1 is 1.58 bits per heavy atom. The Hall–Kier alpha value is -0.892. The van der Waals surface area contributed by atoms with Gasteiger partial charge in [-0.3, -0.25) is 0 Å². The molecular formula is C7H8N4W. The third-order valence-corrected chi connectivity index (χ3v) is 1.59. The zero-order valence-electron chi connectivity index (χ0n) is 6.56. The molecule has 0 amide bonds. The first-order chi connectivity index (χ1) is 5.83. The molecule has 12 heavy (non-hydrogen) atoms. The van der Waals surface area contributed by atoms with E-state index in [1.807, 2.05) is 13.0 Å². The van der Waals surface area contributed by atoms with Gasteiger partial charge in [0.15, 0.2) is 0 Å². The Balaban J connectivity index is 2.63. The van der Waals surface area contributed by atoms with Gasteiger partial charge in [-0.25, -0.2) is 0 Å². The molecule has 1 aromatic rings. The van der Waals surface area contributed by atoms with Crippen molar-refractivity contribution >= 4 is 16.7 Å². The zero-order chi connectivity index (χ0) is 8.81. The molecule has 0 saturated heterocycles. The van der Waals surface area contributed by atoms with Crippen molar-refractivity contribution in [3.63, 3.8) is 0 Å². The van der Waals surface area contributed by atoms with Gasteiger partial charge in [0.25, 0.3) is 0 Å². The minimum atomic E-state index is 0.767. The van der Waals surface area contributed by atoms with Crippen molar-refractivity contribution in [3.8, 4) is 0 Å². The first kappa shape index (κ1) is 9.20. The fourth-order valence-corrected chi connectivity index (χ4v) is 0.886. The summed E-state index contributed by atoms with van der Waals surface area (Å²) in [7, 11) is 0. The molecule has 0 fully saturated rings. The predicted octanol–water partition coefficient (Wildman–Crippen LogP) is 0.532. The molecule has 0 aliphatic rings. The van der Waals surface area contributed by atoms with Gasteiger partial charge < -0.3 is 0 Å². The molecule has 5 heteroatoms. The second-order valence-electron chi connectivity index (χ2n) is 2.07. The average molecular weight is 332 g/mol. The van der Waals surface area contributed by atoms with Crippen molar-refractivity contribution in [1.29, 1.82) is 0 Å². The van der Waals surface area contributed by atoms with Crippen LogP contribution in [0.25, 0.3) is 0 Å². The molecule has 1 rings (SSSR count). The van der Waals surface area contributed by atoms with Crippen LogP contribution in [-0.2, 0) is 19.4 Å². The molecule has 0 bridgehead atoms. The van der Waals surface area contributed by atoms with Gasteiger partial charge in [-0.15, -0.1) is 0 Å². The topological polar surface area (TPSA) is 50.2 Å². The predicted molar refractivity (Wildman–Crippen MR) is 44.9 cm³/mol. The summed E-state index contributed by atoms with van der Waals surface area (Å²) < 4.78 is 1.78. The summed E-state index contributed by atoms with van der Waals surface area (Å²) in [5.41, 5.74) is 0.937. The fourth-order valence-electron chi connectivity index (χ4n) is 0.667. The van der Waals surface area contributed by atoms with Crippen LogP contribution in [0.4, 0.5) is 5.82 Å². The molecule has 1 heterocycles. The molecule has 0 saturated carbocycles. The second kappa shape index (κ2) is 4.88. The summed E-state index contributed by atoms with van der Waals surface area (Å²) in [6.45, 7) is 1.92. The number of aromatic nitrogens is 2. The summed E-state index contributed by atoms with van der Waals surface area (Å²) in [4.78, 5) is 11.9. The van der Waals surface area contributed by atoms with E-state index >= 15 is 0 Å². The average Bonchev–Trinajstić information content (AvgIpc) is 2.05. The molecule has 0 aliphatic carbocycles. The van der Waals surface area contributed by atoms with Crippen LogP contribution in [0.5, 0.6) is 0 Å². The number of anilines is 1. The van der Waals surface area contributed by atoms with Crippen LogP contribution < -0.4 is 5.32 Å².